The van der Waals surface area contributed by atoms with E-state index in [1.165, 1.54) is 6.42 Å². The molecule has 8 heteroatoms. The van der Waals surface area contributed by atoms with Crippen molar-refractivity contribution in [1.82, 2.24) is 4.90 Å². The number of likely N-dealkylation sites (tertiary alicyclic amines) is 1. The molecular formula is C24H32N2O6. The topological polar surface area (TPSA) is 102 Å². The minimum Gasteiger partial charge on any atom is -0.462 e. The quantitative estimate of drug-likeness (QED) is 0.463. The summed E-state index contributed by atoms with van der Waals surface area (Å²) >= 11 is 0. The average Bonchev–Trinajstić information content (AvgIpc) is 3.20. The minimum atomic E-state index is -0.518. The third-order valence-electron chi connectivity index (χ3n) is 5.99. The van der Waals surface area contributed by atoms with Gasteiger partial charge < -0.3 is 19.7 Å². The third-order valence-corrected chi connectivity index (χ3v) is 5.99. The standard InChI is InChI=1S/C24H32N2O6/c1-2-3-13-31-23(29)17-9-11-19(12-10-17)25-21(27)16-32-24(30)18-14-22(28)26(15-18)20-7-5-4-6-8-20/h9-12,18,20H,2-8,13-16H2,1H3,(H,25,27)/t18-/m0/s1. The Morgan fingerprint density at radius 1 is 1.06 bits per heavy atom. The van der Waals surface area contributed by atoms with Gasteiger partial charge in [-0.1, -0.05) is 32.6 Å². The van der Waals surface area contributed by atoms with Crippen LogP contribution in [0.3, 0.4) is 0 Å². The molecule has 8 nitrogen and oxygen atoms in total. The van der Waals surface area contributed by atoms with Gasteiger partial charge in [0.05, 0.1) is 18.1 Å². The molecule has 1 aromatic carbocycles. The van der Waals surface area contributed by atoms with E-state index in [1.54, 1.807) is 24.3 Å². The lowest BCUT2D eigenvalue weighted by atomic mass is 9.94. The van der Waals surface area contributed by atoms with Crippen LogP contribution in [0.4, 0.5) is 5.69 Å². The largest absolute Gasteiger partial charge is 0.462 e. The molecule has 0 radical (unpaired) electrons. The maximum atomic E-state index is 12.4. The van der Waals surface area contributed by atoms with Crippen molar-refractivity contribution in [1.29, 1.82) is 0 Å². The highest BCUT2D eigenvalue weighted by molar-refractivity contribution is 5.95. The maximum Gasteiger partial charge on any atom is 0.338 e. The molecule has 32 heavy (non-hydrogen) atoms. The van der Waals surface area contributed by atoms with Gasteiger partial charge in [-0.2, -0.15) is 0 Å². The number of anilines is 1. The average molecular weight is 445 g/mol. The zero-order chi connectivity index (χ0) is 22.9. The monoisotopic (exact) mass is 444 g/mol. The maximum absolute atomic E-state index is 12.4. The number of benzene rings is 1. The van der Waals surface area contributed by atoms with E-state index in [2.05, 4.69) is 5.32 Å². The van der Waals surface area contributed by atoms with Crippen LogP contribution < -0.4 is 5.32 Å². The van der Waals surface area contributed by atoms with Gasteiger partial charge in [0.2, 0.25) is 5.91 Å². The van der Waals surface area contributed by atoms with Crippen LogP contribution in [0.25, 0.3) is 0 Å². The van der Waals surface area contributed by atoms with Gasteiger partial charge in [0.15, 0.2) is 6.61 Å². The van der Waals surface area contributed by atoms with Crippen molar-refractivity contribution in [3.63, 3.8) is 0 Å². The molecule has 1 aliphatic heterocycles. The fraction of sp³-hybridized carbons (Fsp3) is 0.583. The summed E-state index contributed by atoms with van der Waals surface area (Å²) in [7, 11) is 0. The van der Waals surface area contributed by atoms with Gasteiger partial charge in [-0.15, -0.1) is 0 Å². The Kier molecular flexibility index (Phi) is 8.64. The number of hydrogen-bond donors (Lipinski definition) is 1. The highest BCUT2D eigenvalue weighted by Crippen LogP contribution is 2.29. The number of esters is 2. The van der Waals surface area contributed by atoms with Crippen molar-refractivity contribution < 1.29 is 28.7 Å². The molecule has 1 saturated carbocycles. The van der Waals surface area contributed by atoms with Crippen LogP contribution in [0.15, 0.2) is 24.3 Å². The van der Waals surface area contributed by atoms with Crippen molar-refractivity contribution in [2.75, 3.05) is 25.1 Å². The summed E-state index contributed by atoms with van der Waals surface area (Å²) in [5.41, 5.74) is 0.884. The number of ether oxygens (including phenoxy) is 2. The molecule has 174 valence electrons. The van der Waals surface area contributed by atoms with Gasteiger partial charge in [0, 0.05) is 24.7 Å². The van der Waals surface area contributed by atoms with E-state index in [-0.39, 0.29) is 18.4 Å². The predicted molar refractivity (Wildman–Crippen MR) is 118 cm³/mol. The number of nitrogens with zero attached hydrogens (tertiary/aromatic N) is 1. The summed E-state index contributed by atoms with van der Waals surface area (Å²) in [5.74, 6) is -1.92. The van der Waals surface area contributed by atoms with Crippen molar-refractivity contribution in [3.05, 3.63) is 29.8 Å². The van der Waals surface area contributed by atoms with Gasteiger partial charge in [0.25, 0.3) is 5.91 Å². The molecule has 1 aliphatic carbocycles. The summed E-state index contributed by atoms with van der Waals surface area (Å²) in [6.07, 6.45) is 7.31. The van der Waals surface area contributed by atoms with Crippen molar-refractivity contribution >= 4 is 29.4 Å². The van der Waals surface area contributed by atoms with E-state index in [0.717, 1.165) is 38.5 Å². The second-order valence-electron chi connectivity index (χ2n) is 8.46. The Morgan fingerprint density at radius 2 is 1.78 bits per heavy atom. The molecule has 1 N–H and O–H groups in total. The number of hydrogen-bond acceptors (Lipinski definition) is 6. The Balaban J connectivity index is 1.41. The van der Waals surface area contributed by atoms with Crippen molar-refractivity contribution in [3.8, 4) is 0 Å². The normalized spacial score (nSPS) is 19.0. The predicted octanol–water partition coefficient (Wildman–Crippen LogP) is 3.31. The smallest absolute Gasteiger partial charge is 0.338 e. The molecule has 1 aromatic rings. The van der Waals surface area contributed by atoms with Crippen LogP contribution >= 0.6 is 0 Å². The van der Waals surface area contributed by atoms with Crippen LogP contribution in [0, 0.1) is 5.92 Å². The fourth-order valence-electron chi connectivity index (χ4n) is 4.17. The van der Waals surface area contributed by atoms with E-state index in [9.17, 15) is 19.2 Å². The fourth-order valence-corrected chi connectivity index (χ4v) is 4.17. The van der Waals surface area contributed by atoms with Crippen molar-refractivity contribution in [2.24, 2.45) is 5.92 Å². The minimum absolute atomic E-state index is 0.00314. The molecule has 0 bridgehead atoms. The van der Waals surface area contributed by atoms with E-state index >= 15 is 0 Å². The van der Waals surface area contributed by atoms with Gasteiger partial charge in [0.1, 0.15) is 0 Å². The molecule has 3 rings (SSSR count). The van der Waals surface area contributed by atoms with Crippen LogP contribution in [0.5, 0.6) is 0 Å². The van der Waals surface area contributed by atoms with Crippen LogP contribution in [0.2, 0.25) is 0 Å². The summed E-state index contributed by atoms with van der Waals surface area (Å²) in [4.78, 5) is 50.6. The molecule has 1 heterocycles. The lowest BCUT2D eigenvalue weighted by Crippen LogP contribution is -2.38. The first kappa shape index (κ1) is 23.8. The summed E-state index contributed by atoms with van der Waals surface area (Å²) in [6.45, 7) is 2.35. The van der Waals surface area contributed by atoms with E-state index < -0.39 is 30.4 Å². The third kappa shape index (κ3) is 6.55. The second kappa shape index (κ2) is 11.6. The highest BCUT2D eigenvalue weighted by atomic mass is 16.5. The van der Waals surface area contributed by atoms with Gasteiger partial charge in [-0.05, 0) is 43.5 Å². The first-order valence-corrected chi connectivity index (χ1v) is 11.5. The highest BCUT2D eigenvalue weighted by Gasteiger charge is 2.39. The van der Waals surface area contributed by atoms with Gasteiger partial charge >= 0.3 is 11.9 Å². The first-order chi connectivity index (χ1) is 15.5. The number of amides is 2. The number of rotatable bonds is 9. The molecule has 0 aromatic heterocycles. The van der Waals surface area contributed by atoms with E-state index in [0.29, 0.717) is 24.4 Å². The van der Waals surface area contributed by atoms with E-state index in [4.69, 9.17) is 9.47 Å². The van der Waals surface area contributed by atoms with Gasteiger partial charge in [-0.3, -0.25) is 14.4 Å². The Labute approximate surface area is 188 Å². The Morgan fingerprint density at radius 3 is 2.47 bits per heavy atom. The molecule has 2 amide bonds. The molecule has 0 unspecified atom stereocenters. The lowest BCUT2D eigenvalue weighted by molar-refractivity contribution is -0.151. The number of carbonyl (C=O) groups excluding carboxylic acids is 4. The lowest BCUT2D eigenvalue weighted by Gasteiger charge is -2.31. The van der Waals surface area contributed by atoms with Crippen LogP contribution in [-0.4, -0.2) is 54.5 Å². The Bertz CT molecular complexity index is 816. The number of carbonyl (C=O) groups is 4. The first-order valence-electron chi connectivity index (χ1n) is 11.5. The number of nitrogens with one attached hydrogen (secondary N) is 1. The zero-order valence-corrected chi connectivity index (χ0v) is 18.6. The summed E-state index contributed by atoms with van der Waals surface area (Å²) < 4.78 is 10.3. The summed E-state index contributed by atoms with van der Waals surface area (Å²) in [6, 6.07) is 6.55. The molecule has 1 atom stereocenters. The SMILES string of the molecule is CCCCOC(=O)c1ccc(NC(=O)COC(=O)[C@H]2CC(=O)N(C3CCCCC3)C2)cc1. The van der Waals surface area contributed by atoms with Crippen LogP contribution in [0.1, 0.15) is 68.6 Å². The molecule has 0 spiro atoms. The Hall–Kier alpha value is -2.90. The zero-order valence-electron chi connectivity index (χ0n) is 18.6. The second-order valence-corrected chi connectivity index (χ2v) is 8.46. The molecule has 2 fully saturated rings. The molecule has 1 saturated heterocycles. The summed E-state index contributed by atoms with van der Waals surface area (Å²) in [5, 5.41) is 2.63. The van der Waals surface area contributed by atoms with E-state index in [1.807, 2.05) is 11.8 Å². The van der Waals surface area contributed by atoms with Crippen molar-refractivity contribution in [2.45, 2.75) is 64.3 Å². The van der Waals surface area contributed by atoms with Crippen LogP contribution in [-0.2, 0) is 23.9 Å². The molecule has 2 aliphatic rings. The van der Waals surface area contributed by atoms with Gasteiger partial charge in [-0.25, -0.2) is 4.79 Å². The molecular weight excluding hydrogens is 412 g/mol. The number of unbranched alkanes of at least 4 members (excludes halogenated alkanes) is 1.